The Morgan fingerprint density at radius 1 is 1.12 bits per heavy atom. The van der Waals surface area contributed by atoms with Gasteiger partial charge in [-0.1, -0.05) is 0 Å². The second-order valence-corrected chi connectivity index (χ2v) is 11.6. The Kier molecular flexibility index (Phi) is 5.66. The molecule has 0 fully saturated rings. The van der Waals surface area contributed by atoms with E-state index in [4.69, 9.17) is 0 Å². The quantitative estimate of drug-likeness (QED) is 0.551. The third-order valence-corrected chi connectivity index (χ3v) is 7.28. The molecule has 1 aliphatic carbocycles. The highest BCUT2D eigenvalue weighted by molar-refractivity contribution is 7.90. The van der Waals surface area contributed by atoms with Crippen LogP contribution in [-0.2, 0) is 22.7 Å². The Hall–Kier alpha value is -3.08. The van der Waals surface area contributed by atoms with Gasteiger partial charge in [0.2, 0.25) is 0 Å². The van der Waals surface area contributed by atoms with E-state index in [9.17, 15) is 31.5 Å². The molecule has 0 bridgehead atoms. The summed E-state index contributed by atoms with van der Waals surface area (Å²) in [6.07, 6.45) is 1.37. The predicted octanol–water partition coefficient (Wildman–Crippen LogP) is 4.18. The molecule has 0 radical (unpaired) electrons. The molecule has 2 atom stereocenters. The standard InChI is InChI=1S/C23H24F3N3O4S/c1-23(2,3)29(22(30)31)19-10-20-18(8-14(19)13-7-16(25)17(26)9-15(13)24)27-21-6-5-12(11-28(20)21)34(4,32)33/h5-7,9,11,14,19H,8,10H2,1-4H3,(H,30,31)/t14-,19-/m1/s1. The van der Waals surface area contributed by atoms with E-state index in [-0.39, 0.29) is 23.3 Å². The number of hydrogen-bond donors (Lipinski definition) is 1. The number of aromatic nitrogens is 2. The molecule has 34 heavy (non-hydrogen) atoms. The van der Waals surface area contributed by atoms with Crippen LogP contribution in [0.3, 0.4) is 0 Å². The van der Waals surface area contributed by atoms with E-state index in [1.165, 1.54) is 23.2 Å². The number of fused-ring (bicyclic) bond motifs is 3. The molecule has 4 rings (SSSR count). The maximum atomic E-state index is 14.8. The van der Waals surface area contributed by atoms with Crippen molar-refractivity contribution in [1.29, 1.82) is 0 Å². The van der Waals surface area contributed by atoms with Crippen molar-refractivity contribution >= 4 is 21.6 Å². The number of imidazole rings is 1. The van der Waals surface area contributed by atoms with Crippen molar-refractivity contribution in [1.82, 2.24) is 14.3 Å². The SMILES string of the molecule is CC(C)(C)N(C(=O)O)[C@@H]1Cc2c(nc3ccc(S(C)(=O)=O)cn23)C[C@@H]1c1cc(F)c(F)cc1F. The topological polar surface area (TPSA) is 92.0 Å². The molecule has 11 heteroatoms. The van der Waals surface area contributed by atoms with Crippen LogP contribution in [0.2, 0.25) is 0 Å². The Morgan fingerprint density at radius 2 is 1.76 bits per heavy atom. The van der Waals surface area contributed by atoms with Crippen LogP contribution in [0.15, 0.2) is 35.4 Å². The summed E-state index contributed by atoms with van der Waals surface area (Å²) in [5, 5.41) is 10.1. The van der Waals surface area contributed by atoms with Gasteiger partial charge in [0.05, 0.1) is 10.6 Å². The van der Waals surface area contributed by atoms with Crippen LogP contribution in [0.1, 0.15) is 43.6 Å². The molecule has 1 aromatic carbocycles. The summed E-state index contributed by atoms with van der Waals surface area (Å²) in [4.78, 5) is 18.1. The lowest BCUT2D eigenvalue weighted by Crippen LogP contribution is -2.55. The Bertz CT molecular complexity index is 1410. The largest absolute Gasteiger partial charge is 0.465 e. The third-order valence-electron chi connectivity index (χ3n) is 6.18. The van der Waals surface area contributed by atoms with Gasteiger partial charge in [0.25, 0.3) is 0 Å². The van der Waals surface area contributed by atoms with E-state index in [1.807, 2.05) is 0 Å². The highest BCUT2D eigenvalue weighted by Gasteiger charge is 2.43. The molecule has 1 N–H and O–H groups in total. The molecular formula is C23H24F3N3O4S. The van der Waals surface area contributed by atoms with Gasteiger partial charge in [-0.05, 0) is 44.5 Å². The lowest BCUT2D eigenvalue weighted by atomic mass is 9.78. The lowest BCUT2D eigenvalue weighted by Gasteiger charge is -2.45. The van der Waals surface area contributed by atoms with Crippen molar-refractivity contribution in [3.63, 3.8) is 0 Å². The predicted molar refractivity (Wildman–Crippen MR) is 118 cm³/mol. The number of benzene rings is 1. The van der Waals surface area contributed by atoms with Crippen LogP contribution in [0.4, 0.5) is 18.0 Å². The zero-order valence-electron chi connectivity index (χ0n) is 19.0. The average molecular weight is 496 g/mol. The fraction of sp³-hybridized carbons (Fsp3) is 0.391. The van der Waals surface area contributed by atoms with E-state index >= 15 is 0 Å². The summed E-state index contributed by atoms with van der Waals surface area (Å²) >= 11 is 0. The first-order chi connectivity index (χ1) is 15.7. The number of carboxylic acid groups (broad SMARTS) is 1. The molecule has 182 valence electrons. The van der Waals surface area contributed by atoms with E-state index in [0.29, 0.717) is 23.1 Å². The molecule has 0 unspecified atom stereocenters. The summed E-state index contributed by atoms with van der Waals surface area (Å²) in [6, 6.07) is 3.34. The van der Waals surface area contributed by atoms with Gasteiger partial charge in [0.15, 0.2) is 21.5 Å². The van der Waals surface area contributed by atoms with Gasteiger partial charge in [0, 0.05) is 54.6 Å². The maximum absolute atomic E-state index is 14.8. The van der Waals surface area contributed by atoms with Gasteiger partial charge in [-0.2, -0.15) is 0 Å². The maximum Gasteiger partial charge on any atom is 0.408 e. The summed E-state index contributed by atoms with van der Waals surface area (Å²) < 4.78 is 68.3. The normalized spacial score (nSPS) is 18.7. The number of rotatable bonds is 3. The van der Waals surface area contributed by atoms with Crippen LogP contribution in [-0.4, -0.2) is 51.7 Å². The van der Waals surface area contributed by atoms with Crippen molar-refractivity contribution in [2.24, 2.45) is 0 Å². The highest BCUT2D eigenvalue weighted by Crippen LogP contribution is 2.40. The first-order valence-electron chi connectivity index (χ1n) is 10.5. The molecule has 1 aliphatic rings. The molecular weight excluding hydrogens is 471 g/mol. The van der Waals surface area contributed by atoms with Gasteiger partial charge >= 0.3 is 6.09 Å². The van der Waals surface area contributed by atoms with Crippen LogP contribution in [0.25, 0.3) is 5.65 Å². The zero-order chi connectivity index (χ0) is 25.2. The van der Waals surface area contributed by atoms with Crippen molar-refractivity contribution in [2.45, 2.75) is 56.0 Å². The molecule has 2 aromatic heterocycles. The molecule has 3 aromatic rings. The number of hydrogen-bond acceptors (Lipinski definition) is 4. The van der Waals surface area contributed by atoms with Crippen LogP contribution in [0.5, 0.6) is 0 Å². The van der Waals surface area contributed by atoms with Crippen LogP contribution < -0.4 is 0 Å². The number of amides is 1. The summed E-state index contributed by atoms with van der Waals surface area (Å²) in [5.74, 6) is -4.38. The molecule has 1 amide bonds. The smallest absolute Gasteiger partial charge is 0.408 e. The lowest BCUT2D eigenvalue weighted by molar-refractivity contribution is 0.0567. The van der Waals surface area contributed by atoms with Crippen molar-refractivity contribution < 1.29 is 31.5 Å². The van der Waals surface area contributed by atoms with Gasteiger partial charge in [-0.15, -0.1) is 0 Å². The van der Waals surface area contributed by atoms with Crippen molar-refractivity contribution in [3.8, 4) is 0 Å². The highest BCUT2D eigenvalue weighted by atomic mass is 32.2. The Morgan fingerprint density at radius 3 is 2.35 bits per heavy atom. The number of halogens is 3. The molecule has 2 heterocycles. The summed E-state index contributed by atoms with van der Waals surface area (Å²) in [7, 11) is -3.51. The average Bonchev–Trinajstić information content (AvgIpc) is 3.05. The fourth-order valence-electron chi connectivity index (χ4n) is 4.74. The van der Waals surface area contributed by atoms with E-state index in [1.54, 1.807) is 25.2 Å². The number of carbonyl (C=O) groups is 1. The molecule has 0 saturated carbocycles. The first kappa shape index (κ1) is 24.1. The molecule has 7 nitrogen and oxygen atoms in total. The Balaban J connectivity index is 1.94. The number of nitrogens with zero attached hydrogens (tertiary/aromatic N) is 3. The second kappa shape index (κ2) is 8.00. The van der Waals surface area contributed by atoms with Crippen LogP contribution in [0, 0.1) is 17.5 Å². The van der Waals surface area contributed by atoms with Gasteiger partial charge < -0.3 is 9.51 Å². The fourth-order valence-corrected chi connectivity index (χ4v) is 5.36. The van der Waals surface area contributed by atoms with Crippen molar-refractivity contribution in [3.05, 3.63) is 64.9 Å². The summed E-state index contributed by atoms with van der Waals surface area (Å²) in [5.41, 5.74) is 0.495. The minimum atomic E-state index is -3.51. The minimum Gasteiger partial charge on any atom is -0.465 e. The van der Waals surface area contributed by atoms with E-state index in [2.05, 4.69) is 4.98 Å². The minimum absolute atomic E-state index is 0.0533. The monoisotopic (exact) mass is 495 g/mol. The van der Waals surface area contributed by atoms with Gasteiger partial charge in [0.1, 0.15) is 11.5 Å². The van der Waals surface area contributed by atoms with Gasteiger partial charge in [-0.25, -0.2) is 31.4 Å². The van der Waals surface area contributed by atoms with Crippen molar-refractivity contribution in [2.75, 3.05) is 6.26 Å². The zero-order valence-corrected chi connectivity index (χ0v) is 19.8. The Labute approximate surface area is 194 Å². The second-order valence-electron chi connectivity index (χ2n) is 9.56. The molecule has 0 spiro atoms. The molecule has 0 saturated heterocycles. The van der Waals surface area contributed by atoms with Crippen LogP contribution >= 0.6 is 0 Å². The summed E-state index contributed by atoms with van der Waals surface area (Å²) in [6.45, 7) is 5.06. The first-order valence-corrected chi connectivity index (χ1v) is 12.4. The number of pyridine rings is 1. The molecule has 0 aliphatic heterocycles. The van der Waals surface area contributed by atoms with Gasteiger partial charge in [-0.3, -0.25) is 4.90 Å². The third kappa shape index (κ3) is 4.13. The number of sulfone groups is 1. The van der Waals surface area contributed by atoms with E-state index < -0.39 is 50.9 Å². The van der Waals surface area contributed by atoms with E-state index in [0.717, 1.165) is 12.3 Å².